The predicted molar refractivity (Wildman–Crippen MR) is 119 cm³/mol. The molecule has 0 unspecified atom stereocenters. The van der Waals surface area contributed by atoms with Crippen LogP contribution in [0.4, 0.5) is 0 Å². The lowest BCUT2D eigenvalue weighted by atomic mass is 9.98. The Morgan fingerprint density at radius 2 is 1.79 bits per heavy atom. The van der Waals surface area contributed by atoms with Crippen molar-refractivity contribution in [3.8, 4) is 0 Å². The number of aromatic nitrogens is 2. The van der Waals surface area contributed by atoms with Crippen molar-refractivity contribution in [2.45, 2.75) is 50.4 Å². The number of thiocarbonyl (C=S) groups is 1. The molecule has 2 aliphatic rings. The lowest BCUT2D eigenvalue weighted by Gasteiger charge is -2.27. The highest BCUT2D eigenvalue weighted by atomic mass is 32.1. The van der Waals surface area contributed by atoms with E-state index < -0.39 is 0 Å². The number of hydrogen-bond donors (Lipinski definition) is 1. The van der Waals surface area contributed by atoms with Gasteiger partial charge in [-0.2, -0.15) is 0 Å². The lowest BCUT2D eigenvalue weighted by Crippen LogP contribution is -2.29. The summed E-state index contributed by atoms with van der Waals surface area (Å²) >= 11 is 5.79. The summed E-state index contributed by atoms with van der Waals surface area (Å²) in [5, 5.41) is 4.35. The summed E-state index contributed by atoms with van der Waals surface area (Å²) < 4.78 is 2.42. The Labute approximate surface area is 177 Å². The van der Waals surface area contributed by atoms with E-state index in [1.54, 1.807) is 0 Å². The Kier molecular flexibility index (Phi) is 5.06. The van der Waals surface area contributed by atoms with Crippen LogP contribution in [0.3, 0.4) is 0 Å². The zero-order chi connectivity index (χ0) is 19.6. The van der Waals surface area contributed by atoms with Crippen LogP contribution in [0.2, 0.25) is 0 Å². The second-order valence-corrected chi connectivity index (χ2v) is 8.46. The number of hydrogen-bond acceptors (Lipinski definition) is 2. The summed E-state index contributed by atoms with van der Waals surface area (Å²) in [5.41, 5.74) is 3.60. The van der Waals surface area contributed by atoms with Gasteiger partial charge in [-0.3, -0.25) is 4.98 Å². The van der Waals surface area contributed by atoms with Gasteiger partial charge in [0.25, 0.3) is 0 Å². The maximum Gasteiger partial charge on any atom is 0.170 e. The van der Waals surface area contributed by atoms with E-state index in [9.17, 15) is 0 Å². The van der Waals surface area contributed by atoms with E-state index in [4.69, 9.17) is 12.2 Å². The molecule has 1 saturated carbocycles. The van der Waals surface area contributed by atoms with Crippen LogP contribution in [0.15, 0.2) is 73.2 Å². The molecule has 0 bridgehead atoms. The minimum absolute atomic E-state index is 0.0480. The molecule has 2 aromatic heterocycles. The summed E-state index contributed by atoms with van der Waals surface area (Å²) in [7, 11) is 0. The second-order valence-electron chi connectivity index (χ2n) is 8.07. The Morgan fingerprint density at radius 1 is 1.00 bits per heavy atom. The topological polar surface area (TPSA) is 33.1 Å². The molecule has 2 fully saturated rings. The summed E-state index contributed by atoms with van der Waals surface area (Å²) in [4.78, 5) is 6.96. The summed E-state index contributed by atoms with van der Waals surface area (Å²) in [6, 6.07) is 19.7. The molecule has 1 aromatic carbocycles. The number of nitrogens with zero attached hydrogens (tertiary/aromatic N) is 3. The predicted octanol–water partition coefficient (Wildman–Crippen LogP) is 5.17. The maximum atomic E-state index is 5.79. The average Bonchev–Trinajstić information content (AvgIpc) is 3.50. The first-order chi connectivity index (χ1) is 14.3. The van der Waals surface area contributed by atoms with Gasteiger partial charge in [-0.25, -0.2) is 0 Å². The number of benzene rings is 1. The summed E-state index contributed by atoms with van der Waals surface area (Å²) in [6.07, 6.45) is 11.7. The van der Waals surface area contributed by atoms with Crippen molar-refractivity contribution in [1.82, 2.24) is 19.8 Å². The number of rotatable bonds is 5. The first-order valence-electron chi connectivity index (χ1n) is 10.5. The second kappa shape index (κ2) is 7.99. The van der Waals surface area contributed by atoms with Gasteiger partial charge in [-0.05, 0) is 54.4 Å². The SMILES string of the molecule is S=C1N[C@H](c2ccccn2)[C@@H](c2ccn(C3CCCC3)c2)N1Cc1ccccc1. The third kappa shape index (κ3) is 3.67. The first kappa shape index (κ1) is 18.4. The van der Waals surface area contributed by atoms with Crippen molar-refractivity contribution >= 4 is 17.3 Å². The van der Waals surface area contributed by atoms with E-state index in [2.05, 4.69) is 74.6 Å². The molecule has 0 radical (unpaired) electrons. The molecule has 29 heavy (non-hydrogen) atoms. The molecule has 1 N–H and O–H groups in total. The minimum atomic E-state index is 0.0480. The minimum Gasteiger partial charge on any atom is -0.352 e. The van der Waals surface area contributed by atoms with Gasteiger partial charge in [0.1, 0.15) is 0 Å². The largest absolute Gasteiger partial charge is 0.352 e. The molecule has 1 aliphatic heterocycles. The molecule has 1 saturated heterocycles. The fourth-order valence-electron chi connectivity index (χ4n) is 4.75. The normalized spacial score (nSPS) is 22.2. The van der Waals surface area contributed by atoms with Gasteiger partial charge < -0.3 is 14.8 Å². The standard InChI is InChI=1S/C24H26N4S/c29-24-26-22(21-12-6-7-14-25-21)23(28(24)16-18-8-2-1-3-9-18)19-13-15-27(17-19)20-10-4-5-11-20/h1-3,6-9,12-15,17,20,22-23H,4-5,10-11,16H2,(H,26,29)/t22-,23-/m1/s1. The van der Waals surface area contributed by atoms with Crippen molar-refractivity contribution < 1.29 is 0 Å². The smallest absolute Gasteiger partial charge is 0.170 e. The maximum absolute atomic E-state index is 5.79. The van der Waals surface area contributed by atoms with Crippen molar-refractivity contribution in [2.75, 3.05) is 0 Å². The van der Waals surface area contributed by atoms with Gasteiger partial charge in [0, 0.05) is 31.2 Å². The lowest BCUT2D eigenvalue weighted by molar-refractivity contribution is 0.310. The zero-order valence-corrected chi connectivity index (χ0v) is 17.3. The highest BCUT2D eigenvalue weighted by molar-refractivity contribution is 7.80. The van der Waals surface area contributed by atoms with E-state index in [1.165, 1.54) is 36.8 Å². The number of nitrogens with one attached hydrogen (secondary N) is 1. The monoisotopic (exact) mass is 402 g/mol. The molecule has 5 heteroatoms. The van der Waals surface area contributed by atoms with Crippen LogP contribution < -0.4 is 5.32 Å². The summed E-state index contributed by atoms with van der Waals surface area (Å²) in [6.45, 7) is 0.787. The zero-order valence-electron chi connectivity index (χ0n) is 16.4. The van der Waals surface area contributed by atoms with Gasteiger partial charge in [-0.1, -0.05) is 49.2 Å². The number of pyridine rings is 1. The Hall–Kier alpha value is -2.66. The molecule has 3 aromatic rings. The molecular formula is C24H26N4S. The van der Waals surface area contributed by atoms with E-state index in [-0.39, 0.29) is 12.1 Å². The summed E-state index contributed by atoms with van der Waals surface area (Å²) in [5.74, 6) is 0. The highest BCUT2D eigenvalue weighted by Gasteiger charge is 2.40. The van der Waals surface area contributed by atoms with Crippen LogP contribution in [0, 0.1) is 0 Å². The van der Waals surface area contributed by atoms with Crippen LogP contribution in [-0.2, 0) is 6.54 Å². The Bertz CT molecular complexity index is 963. The van der Waals surface area contributed by atoms with Gasteiger partial charge in [0.2, 0.25) is 0 Å². The van der Waals surface area contributed by atoms with Crippen molar-refractivity contribution in [3.63, 3.8) is 0 Å². The molecular weight excluding hydrogens is 376 g/mol. The first-order valence-corrected chi connectivity index (χ1v) is 10.9. The van der Waals surface area contributed by atoms with Crippen LogP contribution in [0.25, 0.3) is 0 Å². The molecule has 3 heterocycles. The van der Waals surface area contributed by atoms with Crippen LogP contribution in [0.1, 0.15) is 60.6 Å². The van der Waals surface area contributed by atoms with E-state index in [0.717, 1.165) is 17.4 Å². The molecule has 148 valence electrons. The van der Waals surface area contributed by atoms with Gasteiger partial charge >= 0.3 is 0 Å². The Balaban J connectivity index is 1.50. The van der Waals surface area contributed by atoms with E-state index >= 15 is 0 Å². The molecule has 0 spiro atoms. The molecule has 0 amide bonds. The van der Waals surface area contributed by atoms with Gasteiger partial charge in [-0.15, -0.1) is 0 Å². The van der Waals surface area contributed by atoms with E-state index in [0.29, 0.717) is 6.04 Å². The van der Waals surface area contributed by atoms with Crippen molar-refractivity contribution in [2.24, 2.45) is 0 Å². The average molecular weight is 403 g/mol. The van der Waals surface area contributed by atoms with Gasteiger partial charge in [0.05, 0.1) is 17.8 Å². The molecule has 4 nitrogen and oxygen atoms in total. The van der Waals surface area contributed by atoms with Gasteiger partial charge in [0.15, 0.2) is 5.11 Å². The highest BCUT2D eigenvalue weighted by Crippen LogP contribution is 2.40. The fourth-order valence-corrected chi connectivity index (χ4v) is 5.06. The van der Waals surface area contributed by atoms with Crippen molar-refractivity contribution in [3.05, 3.63) is 90.0 Å². The molecule has 2 atom stereocenters. The van der Waals surface area contributed by atoms with E-state index in [1.807, 2.05) is 18.3 Å². The quantitative estimate of drug-likeness (QED) is 0.597. The van der Waals surface area contributed by atoms with Crippen LogP contribution >= 0.6 is 12.2 Å². The van der Waals surface area contributed by atoms with Crippen LogP contribution in [0.5, 0.6) is 0 Å². The fraction of sp³-hybridized carbons (Fsp3) is 0.333. The third-order valence-electron chi connectivity index (χ3n) is 6.22. The Morgan fingerprint density at radius 3 is 2.55 bits per heavy atom. The van der Waals surface area contributed by atoms with Crippen molar-refractivity contribution in [1.29, 1.82) is 0 Å². The third-order valence-corrected chi connectivity index (χ3v) is 6.57. The van der Waals surface area contributed by atoms with Crippen LogP contribution in [-0.4, -0.2) is 19.6 Å². The molecule has 5 rings (SSSR count). The molecule has 1 aliphatic carbocycles.